The summed E-state index contributed by atoms with van der Waals surface area (Å²) < 4.78 is 5.18. The molecule has 0 atom stereocenters. The molecule has 1 aromatic rings. The van der Waals surface area contributed by atoms with E-state index in [0.717, 1.165) is 25.9 Å². The van der Waals surface area contributed by atoms with E-state index in [9.17, 15) is 4.79 Å². The molecule has 1 saturated heterocycles. The van der Waals surface area contributed by atoms with Crippen LogP contribution in [0.4, 0.5) is 0 Å². The lowest BCUT2D eigenvalue weighted by molar-refractivity contribution is 0.0622. The Bertz CT molecular complexity index is 383. The maximum absolute atomic E-state index is 12.3. The maximum Gasteiger partial charge on any atom is 0.291 e. The minimum atomic E-state index is -0.0330. The Morgan fingerprint density at radius 1 is 1.59 bits per heavy atom. The lowest BCUT2D eigenvalue weighted by Crippen LogP contribution is -2.46. The van der Waals surface area contributed by atoms with Gasteiger partial charge in [0.25, 0.3) is 5.91 Å². The van der Waals surface area contributed by atoms with Crippen molar-refractivity contribution in [3.63, 3.8) is 0 Å². The van der Waals surface area contributed by atoms with Crippen LogP contribution in [0.15, 0.2) is 10.8 Å². The predicted molar refractivity (Wildman–Crippen MR) is 63.8 cm³/mol. The minimum absolute atomic E-state index is 0.0330. The molecule has 1 fully saturated rings. The molecule has 2 heterocycles. The second-order valence-electron chi connectivity index (χ2n) is 4.34. The molecule has 1 aliphatic heterocycles. The minimum Gasteiger partial charge on any atom is -0.438 e. The largest absolute Gasteiger partial charge is 0.438 e. The Hall–Kier alpha value is -1.36. The Morgan fingerprint density at radius 3 is 2.82 bits per heavy atom. The summed E-state index contributed by atoms with van der Waals surface area (Å²) in [6.45, 7) is 6.47. The molecule has 0 aromatic carbocycles. The van der Waals surface area contributed by atoms with E-state index in [1.165, 1.54) is 6.39 Å². The van der Waals surface area contributed by atoms with Crippen molar-refractivity contribution in [2.75, 3.05) is 19.6 Å². The highest BCUT2D eigenvalue weighted by Gasteiger charge is 2.27. The molecule has 0 spiro atoms. The number of hydrogen-bond acceptors (Lipinski definition) is 4. The van der Waals surface area contributed by atoms with Crippen molar-refractivity contribution in [3.8, 4) is 0 Å². The Kier molecular flexibility index (Phi) is 3.78. The molecule has 0 aliphatic carbocycles. The molecule has 2 rings (SSSR count). The molecule has 1 amide bonds. The number of nitrogens with zero attached hydrogens (tertiary/aromatic N) is 2. The van der Waals surface area contributed by atoms with Gasteiger partial charge >= 0.3 is 0 Å². The van der Waals surface area contributed by atoms with E-state index in [2.05, 4.69) is 10.3 Å². The number of oxazole rings is 1. The molecule has 94 valence electrons. The predicted octanol–water partition coefficient (Wildman–Crippen LogP) is 1.20. The molecule has 5 nitrogen and oxygen atoms in total. The summed E-state index contributed by atoms with van der Waals surface area (Å²) in [5, 5.41) is 3.31. The van der Waals surface area contributed by atoms with E-state index < -0.39 is 0 Å². The Labute approximate surface area is 101 Å². The zero-order valence-corrected chi connectivity index (χ0v) is 10.4. The van der Waals surface area contributed by atoms with Gasteiger partial charge in [0.15, 0.2) is 6.39 Å². The zero-order chi connectivity index (χ0) is 12.3. The summed E-state index contributed by atoms with van der Waals surface area (Å²) in [4.78, 5) is 18.2. The average Bonchev–Trinajstić information content (AvgIpc) is 2.77. The third-order valence-electron chi connectivity index (χ3n) is 3.29. The van der Waals surface area contributed by atoms with Crippen molar-refractivity contribution >= 4 is 5.91 Å². The highest BCUT2D eigenvalue weighted by atomic mass is 16.3. The van der Waals surface area contributed by atoms with Crippen molar-refractivity contribution in [3.05, 3.63) is 17.8 Å². The lowest BCUT2D eigenvalue weighted by atomic mass is 10.0. The number of nitrogens with one attached hydrogen (secondary N) is 1. The van der Waals surface area contributed by atoms with Crippen molar-refractivity contribution in [2.24, 2.45) is 0 Å². The van der Waals surface area contributed by atoms with E-state index in [4.69, 9.17) is 4.42 Å². The van der Waals surface area contributed by atoms with Crippen LogP contribution in [0.25, 0.3) is 0 Å². The summed E-state index contributed by atoms with van der Waals surface area (Å²) in [6.07, 6.45) is 3.35. The average molecular weight is 237 g/mol. The van der Waals surface area contributed by atoms with Gasteiger partial charge in [-0.1, -0.05) is 0 Å². The molecule has 5 heteroatoms. The van der Waals surface area contributed by atoms with Gasteiger partial charge in [-0.3, -0.25) is 4.79 Å². The molecular formula is C12H19N3O2. The third-order valence-corrected chi connectivity index (χ3v) is 3.29. The monoisotopic (exact) mass is 237 g/mol. The van der Waals surface area contributed by atoms with Gasteiger partial charge in [-0.15, -0.1) is 0 Å². The van der Waals surface area contributed by atoms with E-state index in [0.29, 0.717) is 24.0 Å². The first-order valence-electron chi connectivity index (χ1n) is 6.15. The summed E-state index contributed by atoms with van der Waals surface area (Å²) in [5.41, 5.74) is 0.669. The quantitative estimate of drug-likeness (QED) is 0.858. The molecular weight excluding hydrogens is 218 g/mol. The number of piperidine rings is 1. The molecule has 17 heavy (non-hydrogen) atoms. The van der Waals surface area contributed by atoms with Crippen LogP contribution in [0, 0.1) is 6.92 Å². The van der Waals surface area contributed by atoms with Crippen LogP contribution in [0.5, 0.6) is 0 Å². The Morgan fingerprint density at radius 2 is 2.29 bits per heavy atom. The fourth-order valence-electron chi connectivity index (χ4n) is 2.32. The van der Waals surface area contributed by atoms with Crippen molar-refractivity contribution in [1.29, 1.82) is 0 Å². The highest BCUT2D eigenvalue weighted by molar-refractivity contribution is 5.92. The van der Waals surface area contributed by atoms with Gasteiger partial charge < -0.3 is 14.6 Å². The van der Waals surface area contributed by atoms with Gasteiger partial charge in [-0.05, 0) is 39.8 Å². The van der Waals surface area contributed by atoms with Gasteiger partial charge in [-0.2, -0.15) is 0 Å². The molecule has 0 radical (unpaired) electrons. The normalized spacial score (nSPS) is 17.1. The third kappa shape index (κ3) is 2.49. The number of amides is 1. The SMILES string of the molecule is CCN(C(=O)c1ocnc1C)C1CCNCC1. The van der Waals surface area contributed by atoms with Gasteiger partial charge in [0.2, 0.25) is 5.76 Å². The van der Waals surface area contributed by atoms with Crippen LogP contribution < -0.4 is 5.32 Å². The second kappa shape index (κ2) is 5.31. The number of aryl methyl sites for hydroxylation is 1. The van der Waals surface area contributed by atoms with Crippen LogP contribution in [0.1, 0.15) is 36.0 Å². The van der Waals surface area contributed by atoms with Crippen LogP contribution in [-0.4, -0.2) is 41.5 Å². The second-order valence-corrected chi connectivity index (χ2v) is 4.34. The number of hydrogen-bond donors (Lipinski definition) is 1. The molecule has 1 aliphatic rings. The fraction of sp³-hybridized carbons (Fsp3) is 0.667. The van der Waals surface area contributed by atoms with Gasteiger partial charge in [0, 0.05) is 12.6 Å². The first kappa shape index (κ1) is 12.1. The van der Waals surface area contributed by atoms with Crippen LogP contribution >= 0.6 is 0 Å². The molecule has 0 unspecified atom stereocenters. The molecule has 0 bridgehead atoms. The molecule has 0 saturated carbocycles. The van der Waals surface area contributed by atoms with Crippen LogP contribution in [0.3, 0.4) is 0 Å². The van der Waals surface area contributed by atoms with Gasteiger partial charge in [-0.25, -0.2) is 4.98 Å². The summed E-state index contributed by atoms with van der Waals surface area (Å²) in [5.74, 6) is 0.347. The van der Waals surface area contributed by atoms with Crippen molar-refractivity contribution < 1.29 is 9.21 Å². The highest BCUT2D eigenvalue weighted by Crippen LogP contribution is 2.16. The van der Waals surface area contributed by atoms with E-state index in [-0.39, 0.29) is 5.91 Å². The number of carbonyl (C=O) groups is 1. The Balaban J connectivity index is 2.12. The molecule has 1 N–H and O–H groups in total. The number of carbonyl (C=O) groups excluding carboxylic acids is 1. The molecule has 1 aromatic heterocycles. The van der Waals surface area contributed by atoms with Gasteiger partial charge in [0.1, 0.15) is 0 Å². The summed E-state index contributed by atoms with van der Waals surface area (Å²) in [6, 6.07) is 0.318. The lowest BCUT2D eigenvalue weighted by Gasteiger charge is -2.33. The number of rotatable bonds is 3. The fourth-order valence-corrected chi connectivity index (χ4v) is 2.32. The van der Waals surface area contributed by atoms with Crippen LogP contribution in [0.2, 0.25) is 0 Å². The number of aromatic nitrogens is 1. The zero-order valence-electron chi connectivity index (χ0n) is 10.4. The first-order valence-corrected chi connectivity index (χ1v) is 6.15. The topological polar surface area (TPSA) is 58.4 Å². The standard InChI is InChI=1S/C12H19N3O2/c1-3-15(10-4-6-13-7-5-10)12(16)11-9(2)14-8-17-11/h8,10,13H,3-7H2,1-2H3. The van der Waals surface area contributed by atoms with Crippen LogP contribution in [-0.2, 0) is 0 Å². The smallest absolute Gasteiger partial charge is 0.291 e. The van der Waals surface area contributed by atoms with E-state index in [1.54, 1.807) is 6.92 Å². The summed E-state index contributed by atoms with van der Waals surface area (Å²) >= 11 is 0. The van der Waals surface area contributed by atoms with Gasteiger partial charge in [0.05, 0.1) is 5.69 Å². The first-order chi connectivity index (χ1) is 8.24. The van der Waals surface area contributed by atoms with E-state index in [1.807, 2.05) is 11.8 Å². The van der Waals surface area contributed by atoms with E-state index >= 15 is 0 Å². The van der Waals surface area contributed by atoms with Crippen molar-refractivity contribution in [2.45, 2.75) is 32.7 Å². The maximum atomic E-state index is 12.3. The summed E-state index contributed by atoms with van der Waals surface area (Å²) in [7, 11) is 0. The van der Waals surface area contributed by atoms with Crippen molar-refractivity contribution in [1.82, 2.24) is 15.2 Å².